The minimum Gasteiger partial charge on any atom is -0.496 e. The van der Waals surface area contributed by atoms with Crippen LogP contribution in [0.25, 0.3) is 16.7 Å². The maximum absolute atomic E-state index is 14.0. The molecule has 0 aromatic heterocycles. The number of rotatable bonds is 12. The van der Waals surface area contributed by atoms with Crippen LogP contribution in [-0.2, 0) is 6.61 Å². The summed E-state index contributed by atoms with van der Waals surface area (Å²) in [6, 6.07) is 14.7. The standard InChI is InChI=1S/C33H42FN3O3/c1-8-37(9-2)17-16-35-40-25-12-13-27(31(19-25)38-7)26-14-15-29-32(23(4)20-33(5,6)36-29)28(26)21-39-30-18-24(34)11-10-22(30)3/h10-15,18-20,35-36H,8-9,16-17,21H2,1-7H3. The molecule has 1 aliphatic heterocycles. The molecule has 0 radical (unpaired) electrons. The molecule has 40 heavy (non-hydrogen) atoms. The predicted molar refractivity (Wildman–Crippen MR) is 162 cm³/mol. The summed E-state index contributed by atoms with van der Waals surface area (Å²) >= 11 is 0. The number of hydrogen-bond donors (Lipinski definition) is 2. The van der Waals surface area contributed by atoms with Crippen LogP contribution in [-0.4, -0.2) is 43.7 Å². The molecule has 214 valence electrons. The average molecular weight is 548 g/mol. The molecule has 1 heterocycles. The number of halogens is 1. The maximum Gasteiger partial charge on any atom is 0.150 e. The lowest BCUT2D eigenvalue weighted by Gasteiger charge is -2.33. The quantitative estimate of drug-likeness (QED) is 0.184. The Morgan fingerprint density at radius 3 is 2.42 bits per heavy atom. The number of anilines is 1. The highest BCUT2D eigenvalue weighted by atomic mass is 19.1. The first-order chi connectivity index (χ1) is 19.2. The second-order valence-corrected chi connectivity index (χ2v) is 10.8. The Balaban J connectivity index is 1.68. The summed E-state index contributed by atoms with van der Waals surface area (Å²) in [5, 5.41) is 3.63. The molecule has 0 saturated heterocycles. The topological polar surface area (TPSA) is 55.0 Å². The number of allylic oxidation sites excluding steroid dienone is 1. The number of nitrogens with zero attached hydrogens (tertiary/aromatic N) is 1. The summed E-state index contributed by atoms with van der Waals surface area (Å²) in [6.45, 7) is 16.6. The third-order valence-electron chi connectivity index (χ3n) is 7.34. The molecule has 0 unspecified atom stereocenters. The van der Waals surface area contributed by atoms with Crippen molar-refractivity contribution in [2.75, 3.05) is 38.6 Å². The van der Waals surface area contributed by atoms with E-state index < -0.39 is 0 Å². The molecule has 0 aliphatic carbocycles. The monoisotopic (exact) mass is 547 g/mol. The van der Waals surface area contributed by atoms with Crippen molar-refractivity contribution in [2.45, 2.75) is 53.7 Å². The number of fused-ring (bicyclic) bond motifs is 1. The Bertz CT molecular complexity index is 1370. The Labute approximate surface area is 238 Å². The fourth-order valence-corrected chi connectivity index (χ4v) is 5.32. The normalized spacial score (nSPS) is 13.9. The molecule has 0 atom stereocenters. The summed E-state index contributed by atoms with van der Waals surface area (Å²) in [5.74, 6) is 1.57. The minimum atomic E-state index is -0.321. The van der Waals surface area contributed by atoms with Gasteiger partial charge in [-0.25, -0.2) is 4.39 Å². The van der Waals surface area contributed by atoms with Gasteiger partial charge in [-0.15, -0.1) is 0 Å². The average Bonchev–Trinajstić information content (AvgIpc) is 2.92. The largest absolute Gasteiger partial charge is 0.496 e. The molecule has 3 aromatic rings. The number of hydroxylamine groups is 1. The molecule has 4 rings (SSSR count). The van der Waals surface area contributed by atoms with Gasteiger partial charge in [0.25, 0.3) is 0 Å². The zero-order valence-electron chi connectivity index (χ0n) is 24.8. The first-order valence-electron chi connectivity index (χ1n) is 14.0. The van der Waals surface area contributed by atoms with E-state index in [0.717, 1.165) is 58.7 Å². The van der Waals surface area contributed by atoms with Crippen molar-refractivity contribution in [2.24, 2.45) is 0 Å². The molecule has 0 saturated carbocycles. The molecule has 0 fully saturated rings. The van der Waals surface area contributed by atoms with Gasteiger partial charge in [0.05, 0.1) is 12.6 Å². The fraction of sp³-hybridized carbons (Fsp3) is 0.394. The maximum atomic E-state index is 14.0. The molecule has 2 N–H and O–H groups in total. The second kappa shape index (κ2) is 12.7. The number of hydrogen-bond acceptors (Lipinski definition) is 6. The number of likely N-dealkylation sites (N-methyl/N-ethyl adjacent to an activating group) is 1. The number of nitrogens with one attached hydrogen (secondary N) is 2. The van der Waals surface area contributed by atoms with Gasteiger partial charge in [0.2, 0.25) is 0 Å². The smallest absolute Gasteiger partial charge is 0.150 e. The number of aryl methyl sites for hydroxylation is 1. The SMILES string of the molecule is CCN(CC)CCNOc1ccc(-c2ccc3c(c2COc2cc(F)ccc2C)C(C)=CC(C)(C)N3)c(OC)c1. The van der Waals surface area contributed by atoms with Crippen molar-refractivity contribution in [1.82, 2.24) is 10.4 Å². The summed E-state index contributed by atoms with van der Waals surface area (Å²) in [6.07, 6.45) is 2.23. The van der Waals surface area contributed by atoms with Crippen LogP contribution < -0.4 is 25.1 Å². The van der Waals surface area contributed by atoms with Crippen LogP contribution in [0.3, 0.4) is 0 Å². The predicted octanol–water partition coefficient (Wildman–Crippen LogP) is 7.22. The first-order valence-corrected chi connectivity index (χ1v) is 14.0. The molecule has 6 nitrogen and oxygen atoms in total. The fourth-order valence-electron chi connectivity index (χ4n) is 5.32. The van der Waals surface area contributed by atoms with E-state index >= 15 is 0 Å². The van der Waals surface area contributed by atoms with Crippen LogP contribution in [0.15, 0.2) is 54.6 Å². The van der Waals surface area contributed by atoms with Crippen LogP contribution in [0.1, 0.15) is 51.3 Å². The zero-order chi connectivity index (χ0) is 28.9. The van der Waals surface area contributed by atoms with E-state index in [1.807, 2.05) is 25.1 Å². The van der Waals surface area contributed by atoms with Gasteiger partial charge in [-0.1, -0.05) is 32.1 Å². The van der Waals surface area contributed by atoms with Crippen molar-refractivity contribution >= 4 is 11.3 Å². The summed E-state index contributed by atoms with van der Waals surface area (Å²) in [4.78, 5) is 8.16. The lowest BCUT2D eigenvalue weighted by atomic mass is 9.85. The van der Waals surface area contributed by atoms with Gasteiger partial charge in [0.1, 0.15) is 23.9 Å². The Hall–Kier alpha value is -3.55. The first kappa shape index (κ1) is 29.4. The zero-order valence-corrected chi connectivity index (χ0v) is 24.8. The van der Waals surface area contributed by atoms with Gasteiger partial charge in [0.15, 0.2) is 5.75 Å². The van der Waals surface area contributed by atoms with Gasteiger partial charge in [0, 0.05) is 47.6 Å². The summed E-state index contributed by atoms with van der Waals surface area (Å²) in [5.41, 5.74) is 9.97. The van der Waals surface area contributed by atoms with E-state index in [0.29, 0.717) is 23.8 Å². The van der Waals surface area contributed by atoms with Crippen molar-refractivity contribution in [1.29, 1.82) is 0 Å². The molecule has 0 spiro atoms. The van der Waals surface area contributed by atoms with Crippen LogP contribution in [0.4, 0.5) is 10.1 Å². The van der Waals surface area contributed by atoms with E-state index in [9.17, 15) is 4.39 Å². The van der Waals surface area contributed by atoms with Gasteiger partial charge < -0.3 is 24.5 Å². The molecule has 1 aliphatic rings. The Morgan fingerprint density at radius 2 is 1.70 bits per heavy atom. The second-order valence-electron chi connectivity index (χ2n) is 10.8. The van der Waals surface area contributed by atoms with Crippen LogP contribution >= 0.6 is 0 Å². The van der Waals surface area contributed by atoms with E-state index in [2.05, 4.69) is 68.5 Å². The lowest BCUT2D eigenvalue weighted by Crippen LogP contribution is -2.33. The Morgan fingerprint density at radius 1 is 0.950 bits per heavy atom. The van der Waals surface area contributed by atoms with Crippen LogP contribution in [0, 0.1) is 12.7 Å². The lowest BCUT2D eigenvalue weighted by molar-refractivity contribution is 0.174. The van der Waals surface area contributed by atoms with Gasteiger partial charge in [-0.3, -0.25) is 0 Å². The van der Waals surface area contributed by atoms with Crippen molar-refractivity contribution in [3.8, 4) is 28.4 Å². The van der Waals surface area contributed by atoms with E-state index in [1.54, 1.807) is 13.2 Å². The molecular weight excluding hydrogens is 505 g/mol. The van der Waals surface area contributed by atoms with E-state index in [4.69, 9.17) is 14.3 Å². The highest BCUT2D eigenvalue weighted by Crippen LogP contribution is 2.43. The number of benzene rings is 3. The van der Waals surface area contributed by atoms with E-state index in [-0.39, 0.29) is 18.0 Å². The summed E-state index contributed by atoms with van der Waals surface area (Å²) < 4.78 is 26.1. The molecular formula is C33H42FN3O3. The third kappa shape index (κ3) is 6.77. The third-order valence-corrected chi connectivity index (χ3v) is 7.34. The minimum absolute atomic E-state index is 0.176. The highest BCUT2D eigenvalue weighted by Gasteiger charge is 2.27. The van der Waals surface area contributed by atoms with Crippen LogP contribution in [0.5, 0.6) is 17.2 Å². The molecule has 7 heteroatoms. The number of methoxy groups -OCH3 is 1. The van der Waals surface area contributed by atoms with Crippen molar-refractivity contribution in [3.05, 3.63) is 77.1 Å². The van der Waals surface area contributed by atoms with Crippen LogP contribution in [0.2, 0.25) is 0 Å². The molecule has 0 amide bonds. The molecule has 3 aromatic carbocycles. The molecule has 0 bridgehead atoms. The van der Waals surface area contributed by atoms with Gasteiger partial charge in [-0.2, -0.15) is 5.48 Å². The van der Waals surface area contributed by atoms with E-state index in [1.165, 1.54) is 12.1 Å². The number of ether oxygens (including phenoxy) is 2. The van der Waals surface area contributed by atoms with Gasteiger partial charge >= 0.3 is 0 Å². The highest BCUT2D eigenvalue weighted by molar-refractivity contribution is 5.88. The Kier molecular flexibility index (Phi) is 9.38. The van der Waals surface area contributed by atoms with Crippen molar-refractivity contribution < 1.29 is 18.7 Å². The van der Waals surface area contributed by atoms with Gasteiger partial charge in [-0.05, 0) is 81.7 Å². The summed E-state index contributed by atoms with van der Waals surface area (Å²) in [7, 11) is 1.66. The van der Waals surface area contributed by atoms with Crippen molar-refractivity contribution in [3.63, 3.8) is 0 Å².